The fraction of sp³-hybridized carbons (Fsp3) is 0.231. The number of nitrogens with one attached hydrogen (secondary N) is 2. The number of fused-ring (bicyclic) bond motifs is 1. The zero-order valence-electron chi connectivity index (χ0n) is 16.9. The van der Waals surface area contributed by atoms with Gasteiger partial charge in [-0.2, -0.15) is 0 Å². The molecule has 0 bridgehead atoms. The Bertz CT molecular complexity index is 1000. The lowest BCUT2D eigenvalue weighted by Gasteiger charge is -2.28. The predicted molar refractivity (Wildman–Crippen MR) is 118 cm³/mol. The highest BCUT2D eigenvalue weighted by Gasteiger charge is 2.27. The molecule has 30 heavy (non-hydrogen) atoms. The number of rotatable bonds is 6. The fourth-order valence-electron chi connectivity index (χ4n) is 4.07. The Morgan fingerprint density at radius 1 is 0.867 bits per heavy atom. The molecule has 1 aliphatic rings. The number of hydrogen-bond acceptors (Lipinski definition) is 2. The molecule has 0 heterocycles. The van der Waals surface area contributed by atoms with Gasteiger partial charge >= 0.3 is 0 Å². The Hall–Kier alpha value is -3.40. The van der Waals surface area contributed by atoms with Crippen LogP contribution < -0.4 is 10.6 Å². The minimum Gasteiger partial charge on any atom is -0.347 e. The van der Waals surface area contributed by atoms with Crippen LogP contribution in [0.25, 0.3) is 0 Å². The molecule has 0 radical (unpaired) electrons. The molecule has 0 saturated carbocycles. The van der Waals surface area contributed by atoms with E-state index >= 15 is 0 Å². The summed E-state index contributed by atoms with van der Waals surface area (Å²) in [6.07, 6.45) is 3.44. The summed E-state index contributed by atoms with van der Waals surface area (Å²) in [7, 11) is 0. The van der Waals surface area contributed by atoms with E-state index in [0.29, 0.717) is 12.0 Å². The number of hydrogen-bond donors (Lipinski definition) is 2. The smallest absolute Gasteiger partial charge is 0.251 e. The van der Waals surface area contributed by atoms with Gasteiger partial charge in [-0.3, -0.25) is 9.59 Å². The average Bonchev–Trinajstić information content (AvgIpc) is 2.80. The van der Waals surface area contributed by atoms with Crippen LogP contribution in [0, 0.1) is 0 Å². The van der Waals surface area contributed by atoms with E-state index in [1.807, 2.05) is 60.7 Å². The van der Waals surface area contributed by atoms with E-state index in [1.54, 1.807) is 12.1 Å². The maximum absolute atomic E-state index is 13.3. The molecule has 3 aromatic rings. The first-order chi connectivity index (χ1) is 14.7. The molecule has 0 saturated heterocycles. The third-order valence-electron chi connectivity index (χ3n) is 5.63. The second-order valence-corrected chi connectivity index (χ2v) is 7.73. The SMILES string of the molecule is O=C(N[C@H](Cc1ccccc1)C(=O)N[C@H]1CCCc2ccccc21)c1ccccc1. The van der Waals surface area contributed by atoms with Crippen LogP contribution in [0.3, 0.4) is 0 Å². The van der Waals surface area contributed by atoms with E-state index in [0.717, 1.165) is 24.8 Å². The van der Waals surface area contributed by atoms with Gasteiger partial charge in [-0.25, -0.2) is 0 Å². The molecule has 4 rings (SSSR count). The predicted octanol–water partition coefficient (Wildman–Crippen LogP) is 4.22. The lowest BCUT2D eigenvalue weighted by Crippen LogP contribution is -2.49. The Morgan fingerprint density at radius 3 is 2.30 bits per heavy atom. The molecular formula is C26H26N2O2. The van der Waals surface area contributed by atoms with Crippen LogP contribution >= 0.6 is 0 Å². The number of aryl methyl sites for hydroxylation is 1. The third-order valence-corrected chi connectivity index (χ3v) is 5.63. The summed E-state index contributed by atoms with van der Waals surface area (Å²) in [6.45, 7) is 0. The monoisotopic (exact) mass is 398 g/mol. The molecule has 0 spiro atoms. The second kappa shape index (κ2) is 9.40. The highest BCUT2D eigenvalue weighted by atomic mass is 16.2. The summed E-state index contributed by atoms with van der Waals surface area (Å²) in [5.74, 6) is -0.388. The maximum Gasteiger partial charge on any atom is 0.251 e. The maximum atomic E-state index is 13.3. The Morgan fingerprint density at radius 2 is 1.53 bits per heavy atom. The molecule has 2 amide bonds. The van der Waals surface area contributed by atoms with Crippen molar-refractivity contribution >= 4 is 11.8 Å². The minimum atomic E-state index is -0.644. The first-order valence-corrected chi connectivity index (χ1v) is 10.5. The van der Waals surface area contributed by atoms with Crippen molar-refractivity contribution in [2.24, 2.45) is 0 Å². The summed E-state index contributed by atoms with van der Waals surface area (Å²) >= 11 is 0. The zero-order chi connectivity index (χ0) is 20.8. The van der Waals surface area contributed by atoms with Crippen LogP contribution in [0.1, 0.15) is 45.9 Å². The minimum absolute atomic E-state index is 0.0191. The lowest BCUT2D eigenvalue weighted by molar-refractivity contribution is -0.123. The summed E-state index contributed by atoms with van der Waals surface area (Å²) in [6, 6.07) is 26.4. The third kappa shape index (κ3) is 4.77. The van der Waals surface area contributed by atoms with Gasteiger partial charge in [0, 0.05) is 12.0 Å². The van der Waals surface area contributed by atoms with E-state index in [4.69, 9.17) is 0 Å². The van der Waals surface area contributed by atoms with Gasteiger partial charge in [-0.1, -0.05) is 72.8 Å². The number of amides is 2. The summed E-state index contributed by atoms with van der Waals surface area (Å²) in [5, 5.41) is 6.14. The first-order valence-electron chi connectivity index (χ1n) is 10.5. The van der Waals surface area contributed by atoms with Crippen LogP contribution in [-0.2, 0) is 17.6 Å². The highest BCUT2D eigenvalue weighted by Crippen LogP contribution is 2.29. The van der Waals surface area contributed by atoms with E-state index < -0.39 is 6.04 Å². The summed E-state index contributed by atoms with van der Waals surface area (Å²) in [4.78, 5) is 26.0. The number of carbonyl (C=O) groups excluding carboxylic acids is 2. The first kappa shape index (κ1) is 19.9. The van der Waals surface area contributed by atoms with Crippen molar-refractivity contribution in [3.63, 3.8) is 0 Å². The Balaban J connectivity index is 1.53. The van der Waals surface area contributed by atoms with Crippen molar-refractivity contribution < 1.29 is 9.59 Å². The van der Waals surface area contributed by atoms with Crippen LogP contribution in [0.15, 0.2) is 84.9 Å². The molecule has 1 aliphatic carbocycles. The quantitative estimate of drug-likeness (QED) is 0.653. The standard InChI is InChI=1S/C26H26N2O2/c29-25(21-13-5-2-6-14-21)28-24(18-19-10-3-1-4-11-19)26(30)27-23-17-9-15-20-12-7-8-16-22(20)23/h1-8,10-14,16,23-24H,9,15,17-18H2,(H,27,30)(H,28,29)/t23-,24+/m0/s1. The van der Waals surface area contributed by atoms with E-state index in [9.17, 15) is 9.59 Å². The van der Waals surface area contributed by atoms with Crippen LogP contribution in [0.2, 0.25) is 0 Å². The van der Waals surface area contributed by atoms with E-state index in [1.165, 1.54) is 11.1 Å². The highest BCUT2D eigenvalue weighted by molar-refractivity contribution is 5.97. The van der Waals surface area contributed by atoms with Gasteiger partial charge in [-0.05, 0) is 48.1 Å². The largest absolute Gasteiger partial charge is 0.347 e. The van der Waals surface area contributed by atoms with Crippen molar-refractivity contribution in [1.82, 2.24) is 10.6 Å². The Labute approximate surface area is 177 Å². The van der Waals surface area contributed by atoms with Gasteiger partial charge in [0.15, 0.2) is 0 Å². The van der Waals surface area contributed by atoms with Crippen molar-refractivity contribution in [2.45, 2.75) is 37.8 Å². The van der Waals surface area contributed by atoms with Crippen molar-refractivity contribution in [2.75, 3.05) is 0 Å². The topological polar surface area (TPSA) is 58.2 Å². The van der Waals surface area contributed by atoms with Crippen LogP contribution in [0.5, 0.6) is 0 Å². The molecule has 0 aromatic heterocycles. The van der Waals surface area contributed by atoms with Gasteiger partial charge in [0.2, 0.25) is 5.91 Å². The molecular weight excluding hydrogens is 372 g/mol. The molecule has 0 aliphatic heterocycles. The fourth-order valence-corrected chi connectivity index (χ4v) is 4.07. The Kier molecular flexibility index (Phi) is 6.23. The molecule has 0 unspecified atom stereocenters. The number of benzene rings is 3. The van der Waals surface area contributed by atoms with Crippen LogP contribution in [-0.4, -0.2) is 17.9 Å². The van der Waals surface area contributed by atoms with E-state index in [-0.39, 0.29) is 17.9 Å². The molecule has 4 heteroatoms. The summed E-state index contributed by atoms with van der Waals surface area (Å²) in [5.41, 5.74) is 4.04. The van der Waals surface area contributed by atoms with Gasteiger partial charge in [-0.15, -0.1) is 0 Å². The molecule has 152 valence electrons. The second-order valence-electron chi connectivity index (χ2n) is 7.73. The normalized spacial score (nSPS) is 16.2. The van der Waals surface area contributed by atoms with Crippen molar-refractivity contribution in [3.8, 4) is 0 Å². The molecule has 4 nitrogen and oxygen atoms in total. The molecule has 3 aromatic carbocycles. The van der Waals surface area contributed by atoms with E-state index in [2.05, 4.69) is 22.8 Å². The molecule has 2 N–H and O–H groups in total. The zero-order valence-corrected chi connectivity index (χ0v) is 16.9. The van der Waals surface area contributed by atoms with Gasteiger partial charge in [0.1, 0.15) is 6.04 Å². The van der Waals surface area contributed by atoms with Crippen molar-refractivity contribution in [3.05, 3.63) is 107 Å². The summed E-state index contributed by atoms with van der Waals surface area (Å²) < 4.78 is 0. The average molecular weight is 399 g/mol. The number of carbonyl (C=O) groups is 2. The van der Waals surface area contributed by atoms with Crippen molar-refractivity contribution in [1.29, 1.82) is 0 Å². The van der Waals surface area contributed by atoms with Crippen LogP contribution in [0.4, 0.5) is 0 Å². The molecule has 2 atom stereocenters. The van der Waals surface area contributed by atoms with Gasteiger partial charge in [0.25, 0.3) is 5.91 Å². The van der Waals surface area contributed by atoms with Gasteiger partial charge in [0.05, 0.1) is 6.04 Å². The lowest BCUT2D eigenvalue weighted by atomic mass is 9.87. The van der Waals surface area contributed by atoms with Gasteiger partial charge < -0.3 is 10.6 Å². The molecule has 0 fully saturated rings.